The summed E-state index contributed by atoms with van der Waals surface area (Å²) in [6.07, 6.45) is 1.59. The highest BCUT2D eigenvalue weighted by molar-refractivity contribution is 5.93. The number of anilines is 1. The molecule has 0 fully saturated rings. The fourth-order valence-corrected chi connectivity index (χ4v) is 1.72. The Labute approximate surface area is 111 Å². The Morgan fingerprint density at radius 3 is 2.84 bits per heavy atom. The van der Waals surface area contributed by atoms with Crippen LogP contribution in [0.15, 0.2) is 22.9 Å². The molecule has 0 unspecified atom stereocenters. The lowest BCUT2D eigenvalue weighted by atomic mass is 10.2. The van der Waals surface area contributed by atoms with Crippen molar-refractivity contribution in [1.29, 1.82) is 0 Å². The number of hydrogen-bond donors (Lipinski definition) is 2. The lowest BCUT2D eigenvalue weighted by Crippen LogP contribution is -2.24. The third-order valence-electron chi connectivity index (χ3n) is 2.89. The van der Waals surface area contributed by atoms with E-state index in [1.165, 1.54) is 0 Å². The first-order chi connectivity index (χ1) is 9.11. The summed E-state index contributed by atoms with van der Waals surface area (Å²) in [5.41, 5.74) is 2.91. The van der Waals surface area contributed by atoms with Gasteiger partial charge in [0, 0.05) is 31.0 Å². The third kappa shape index (κ3) is 2.90. The van der Waals surface area contributed by atoms with Gasteiger partial charge in [0.1, 0.15) is 11.5 Å². The molecular weight excluding hydrogens is 244 g/mol. The van der Waals surface area contributed by atoms with Gasteiger partial charge in [-0.25, -0.2) is 0 Å². The molecule has 0 aliphatic rings. The second kappa shape index (κ2) is 5.51. The van der Waals surface area contributed by atoms with Crippen LogP contribution in [0.5, 0.6) is 0 Å². The van der Waals surface area contributed by atoms with E-state index in [4.69, 9.17) is 4.52 Å². The quantitative estimate of drug-likeness (QED) is 0.873. The molecule has 100 valence electrons. The molecule has 2 rings (SSSR count). The average Bonchev–Trinajstić information content (AvgIpc) is 2.75. The molecule has 6 heteroatoms. The van der Waals surface area contributed by atoms with Crippen molar-refractivity contribution in [2.45, 2.75) is 20.4 Å². The molecule has 0 aliphatic carbocycles. The van der Waals surface area contributed by atoms with E-state index in [0.717, 1.165) is 22.7 Å². The zero-order valence-corrected chi connectivity index (χ0v) is 11.2. The Balaban J connectivity index is 2.05. The Morgan fingerprint density at radius 2 is 2.21 bits per heavy atom. The summed E-state index contributed by atoms with van der Waals surface area (Å²) in [7, 11) is 1.79. The number of amides is 1. The van der Waals surface area contributed by atoms with Gasteiger partial charge >= 0.3 is 0 Å². The minimum Gasteiger partial charge on any atom is -0.388 e. The summed E-state index contributed by atoms with van der Waals surface area (Å²) in [5, 5.41) is 9.61. The van der Waals surface area contributed by atoms with Crippen LogP contribution in [0.4, 0.5) is 5.69 Å². The Bertz CT molecular complexity index is 573. The molecule has 0 aromatic carbocycles. The van der Waals surface area contributed by atoms with Gasteiger partial charge in [0.05, 0.1) is 5.69 Å². The molecule has 0 saturated carbocycles. The maximum atomic E-state index is 12.0. The largest absolute Gasteiger partial charge is 0.388 e. The highest BCUT2D eigenvalue weighted by atomic mass is 16.5. The Kier molecular flexibility index (Phi) is 3.79. The topological polar surface area (TPSA) is 80.0 Å². The van der Waals surface area contributed by atoms with Gasteiger partial charge in [-0.3, -0.25) is 9.78 Å². The van der Waals surface area contributed by atoms with Crippen molar-refractivity contribution in [3.63, 3.8) is 0 Å². The molecule has 2 heterocycles. The second-order valence-electron chi connectivity index (χ2n) is 4.17. The Morgan fingerprint density at radius 1 is 1.42 bits per heavy atom. The van der Waals surface area contributed by atoms with Crippen LogP contribution in [0.2, 0.25) is 0 Å². The van der Waals surface area contributed by atoms with Gasteiger partial charge in [-0.1, -0.05) is 5.16 Å². The van der Waals surface area contributed by atoms with Gasteiger partial charge in [0.15, 0.2) is 0 Å². The van der Waals surface area contributed by atoms with Gasteiger partial charge in [-0.2, -0.15) is 0 Å². The van der Waals surface area contributed by atoms with E-state index in [0.29, 0.717) is 12.2 Å². The van der Waals surface area contributed by atoms with Crippen molar-refractivity contribution in [1.82, 2.24) is 15.5 Å². The van der Waals surface area contributed by atoms with Crippen molar-refractivity contribution < 1.29 is 9.32 Å². The molecular formula is C13H16N4O2. The zero-order valence-electron chi connectivity index (χ0n) is 11.2. The molecule has 2 N–H and O–H groups in total. The van der Waals surface area contributed by atoms with Crippen molar-refractivity contribution in [3.05, 3.63) is 41.0 Å². The summed E-state index contributed by atoms with van der Waals surface area (Å²) >= 11 is 0. The lowest BCUT2D eigenvalue weighted by molar-refractivity contribution is 0.0946. The first kappa shape index (κ1) is 13.1. The zero-order chi connectivity index (χ0) is 13.8. The fraction of sp³-hybridized carbons (Fsp3) is 0.308. The summed E-state index contributed by atoms with van der Waals surface area (Å²) in [5.74, 6) is 0.492. The van der Waals surface area contributed by atoms with Gasteiger partial charge < -0.3 is 15.2 Å². The maximum Gasteiger partial charge on any atom is 0.270 e. The Hall–Kier alpha value is -2.37. The van der Waals surface area contributed by atoms with E-state index >= 15 is 0 Å². The van der Waals surface area contributed by atoms with Crippen LogP contribution in [0.25, 0.3) is 0 Å². The number of pyridine rings is 1. The smallest absolute Gasteiger partial charge is 0.270 e. The van der Waals surface area contributed by atoms with Crippen LogP contribution in [0.1, 0.15) is 27.5 Å². The lowest BCUT2D eigenvalue weighted by Gasteiger charge is -2.05. The summed E-state index contributed by atoms with van der Waals surface area (Å²) in [6.45, 7) is 4.05. The van der Waals surface area contributed by atoms with Crippen LogP contribution in [0.3, 0.4) is 0 Å². The van der Waals surface area contributed by atoms with E-state index < -0.39 is 0 Å². The normalized spacial score (nSPS) is 10.3. The number of rotatable bonds is 4. The molecule has 0 spiro atoms. The monoisotopic (exact) mass is 260 g/mol. The van der Waals surface area contributed by atoms with E-state index in [1.54, 1.807) is 25.4 Å². The molecule has 0 saturated heterocycles. The van der Waals surface area contributed by atoms with E-state index in [-0.39, 0.29) is 5.91 Å². The maximum absolute atomic E-state index is 12.0. The molecule has 0 radical (unpaired) electrons. The summed E-state index contributed by atoms with van der Waals surface area (Å²) in [6, 6.07) is 3.49. The molecule has 19 heavy (non-hydrogen) atoms. The van der Waals surface area contributed by atoms with E-state index in [2.05, 4.69) is 20.8 Å². The van der Waals surface area contributed by atoms with Crippen molar-refractivity contribution >= 4 is 11.6 Å². The molecule has 0 atom stereocenters. The first-order valence-corrected chi connectivity index (χ1v) is 5.95. The molecule has 1 amide bonds. The van der Waals surface area contributed by atoms with Crippen LogP contribution >= 0.6 is 0 Å². The molecule has 0 bridgehead atoms. The first-order valence-electron chi connectivity index (χ1n) is 5.95. The van der Waals surface area contributed by atoms with Gasteiger partial charge in [-0.15, -0.1) is 0 Å². The van der Waals surface area contributed by atoms with Crippen molar-refractivity contribution in [2.24, 2.45) is 0 Å². The number of aromatic nitrogens is 2. The predicted molar refractivity (Wildman–Crippen MR) is 70.9 cm³/mol. The minimum absolute atomic E-state index is 0.225. The number of aryl methyl sites for hydroxylation is 2. The number of carbonyl (C=O) groups excluding carboxylic acids is 1. The van der Waals surface area contributed by atoms with Crippen LogP contribution in [0, 0.1) is 13.8 Å². The third-order valence-corrected chi connectivity index (χ3v) is 2.89. The van der Waals surface area contributed by atoms with Crippen molar-refractivity contribution in [2.75, 3.05) is 12.4 Å². The van der Waals surface area contributed by atoms with E-state index in [1.807, 2.05) is 13.8 Å². The van der Waals surface area contributed by atoms with Crippen molar-refractivity contribution in [3.8, 4) is 0 Å². The fourth-order valence-electron chi connectivity index (χ4n) is 1.72. The number of nitrogens with one attached hydrogen (secondary N) is 2. The van der Waals surface area contributed by atoms with Crippen LogP contribution in [-0.2, 0) is 6.54 Å². The van der Waals surface area contributed by atoms with Crippen LogP contribution in [-0.4, -0.2) is 23.1 Å². The average molecular weight is 260 g/mol. The highest BCUT2D eigenvalue weighted by Gasteiger charge is 2.12. The molecule has 2 aromatic rings. The minimum atomic E-state index is -0.225. The second-order valence-corrected chi connectivity index (χ2v) is 4.17. The summed E-state index contributed by atoms with van der Waals surface area (Å²) in [4.78, 5) is 16.0. The van der Waals surface area contributed by atoms with Gasteiger partial charge in [0.2, 0.25) is 0 Å². The standard InChI is InChI=1S/C13H16N4O2/c1-8-11(9(2)19-17-8)7-16-13(18)12-6-10(14-3)4-5-15-12/h4-6H,7H2,1-3H3,(H,14,15)(H,16,18). The van der Waals surface area contributed by atoms with E-state index in [9.17, 15) is 4.79 Å². The molecule has 2 aromatic heterocycles. The molecule has 6 nitrogen and oxygen atoms in total. The molecule has 0 aliphatic heterocycles. The number of hydrogen-bond acceptors (Lipinski definition) is 5. The van der Waals surface area contributed by atoms with Gasteiger partial charge in [-0.05, 0) is 26.0 Å². The summed E-state index contributed by atoms with van der Waals surface area (Å²) < 4.78 is 5.04. The number of nitrogens with zero attached hydrogens (tertiary/aromatic N) is 2. The highest BCUT2D eigenvalue weighted by Crippen LogP contribution is 2.12. The predicted octanol–water partition coefficient (Wildman–Crippen LogP) is 1.66. The number of carbonyl (C=O) groups is 1. The van der Waals surface area contributed by atoms with Gasteiger partial charge in [0.25, 0.3) is 5.91 Å². The SMILES string of the molecule is CNc1ccnc(C(=O)NCc2c(C)noc2C)c1. The van der Waals surface area contributed by atoms with Crippen LogP contribution < -0.4 is 10.6 Å².